The average molecular weight is 358 g/mol. The van der Waals surface area contributed by atoms with Gasteiger partial charge in [-0.15, -0.1) is 0 Å². The van der Waals surface area contributed by atoms with Crippen LogP contribution in [0.15, 0.2) is 24.3 Å². The molecule has 1 aromatic carbocycles. The minimum absolute atomic E-state index is 0.186. The molecule has 2 aliphatic heterocycles. The summed E-state index contributed by atoms with van der Waals surface area (Å²) in [5.41, 5.74) is 3.22. The number of aryl methyl sites for hydroxylation is 1. The Morgan fingerprint density at radius 3 is 2.77 bits per heavy atom. The molecule has 0 saturated carbocycles. The highest BCUT2D eigenvalue weighted by molar-refractivity contribution is 5.76. The molecule has 2 heterocycles. The number of benzene rings is 1. The number of likely N-dealkylation sites (tertiary alicyclic amines) is 2. The van der Waals surface area contributed by atoms with Gasteiger partial charge in [-0.05, 0) is 64.1 Å². The van der Waals surface area contributed by atoms with Crippen LogP contribution in [0.2, 0.25) is 0 Å². The van der Waals surface area contributed by atoms with E-state index in [0.29, 0.717) is 11.8 Å². The Bertz CT molecular complexity index is 615. The zero-order valence-electron chi connectivity index (χ0n) is 16.8. The SMILES string of the molecule is Cc1cccc(CN2CCCC3(CCN(CCC(=O)NC(C)C)C3)C2)c1. The average Bonchev–Trinajstić information content (AvgIpc) is 2.95. The number of carbonyl (C=O) groups excluding carboxylic acids is 1. The molecule has 4 nitrogen and oxygen atoms in total. The summed E-state index contributed by atoms with van der Waals surface area (Å²) in [6.07, 6.45) is 4.55. The summed E-state index contributed by atoms with van der Waals surface area (Å²) < 4.78 is 0. The number of rotatable bonds is 6. The van der Waals surface area contributed by atoms with E-state index in [4.69, 9.17) is 0 Å². The molecule has 144 valence electrons. The molecule has 0 bridgehead atoms. The summed E-state index contributed by atoms with van der Waals surface area (Å²) >= 11 is 0. The largest absolute Gasteiger partial charge is 0.354 e. The molecule has 3 rings (SSSR count). The number of piperidine rings is 1. The zero-order valence-corrected chi connectivity index (χ0v) is 16.8. The molecule has 0 radical (unpaired) electrons. The van der Waals surface area contributed by atoms with Crippen LogP contribution in [0.3, 0.4) is 0 Å². The van der Waals surface area contributed by atoms with E-state index in [1.807, 2.05) is 13.8 Å². The van der Waals surface area contributed by atoms with E-state index in [-0.39, 0.29) is 11.9 Å². The molecule has 1 atom stereocenters. The summed E-state index contributed by atoms with van der Waals surface area (Å²) in [6, 6.07) is 9.15. The highest BCUT2D eigenvalue weighted by Crippen LogP contribution is 2.39. The zero-order chi connectivity index (χ0) is 18.6. The van der Waals surface area contributed by atoms with E-state index < -0.39 is 0 Å². The molecule has 1 unspecified atom stereocenters. The van der Waals surface area contributed by atoms with Crippen molar-refractivity contribution in [2.24, 2.45) is 5.41 Å². The van der Waals surface area contributed by atoms with Gasteiger partial charge in [0.2, 0.25) is 5.91 Å². The molecule has 2 fully saturated rings. The fourth-order valence-corrected chi connectivity index (χ4v) is 4.72. The van der Waals surface area contributed by atoms with E-state index >= 15 is 0 Å². The second-order valence-electron chi connectivity index (χ2n) is 8.80. The highest BCUT2D eigenvalue weighted by Gasteiger charge is 2.41. The third-order valence-corrected chi connectivity index (χ3v) is 5.85. The molecule has 4 heteroatoms. The molecular weight excluding hydrogens is 322 g/mol. The summed E-state index contributed by atoms with van der Waals surface area (Å²) in [5.74, 6) is 0.186. The second kappa shape index (κ2) is 8.53. The highest BCUT2D eigenvalue weighted by atomic mass is 16.1. The lowest BCUT2D eigenvalue weighted by molar-refractivity contribution is -0.121. The van der Waals surface area contributed by atoms with Gasteiger partial charge in [0.25, 0.3) is 0 Å². The first kappa shape index (κ1) is 19.4. The van der Waals surface area contributed by atoms with E-state index in [9.17, 15) is 4.79 Å². The lowest BCUT2D eigenvalue weighted by Crippen LogP contribution is -2.44. The van der Waals surface area contributed by atoms with Crippen LogP contribution >= 0.6 is 0 Å². The maximum Gasteiger partial charge on any atom is 0.221 e. The monoisotopic (exact) mass is 357 g/mol. The Morgan fingerprint density at radius 2 is 2.00 bits per heavy atom. The number of carbonyl (C=O) groups is 1. The van der Waals surface area contributed by atoms with Crippen molar-refractivity contribution in [3.63, 3.8) is 0 Å². The Morgan fingerprint density at radius 1 is 1.19 bits per heavy atom. The summed E-state index contributed by atoms with van der Waals surface area (Å²) in [6.45, 7) is 12.9. The lowest BCUT2D eigenvalue weighted by atomic mass is 9.79. The Hall–Kier alpha value is -1.39. The van der Waals surface area contributed by atoms with Gasteiger partial charge in [0.05, 0.1) is 0 Å². The number of nitrogens with one attached hydrogen (secondary N) is 1. The molecule has 26 heavy (non-hydrogen) atoms. The van der Waals surface area contributed by atoms with Gasteiger partial charge >= 0.3 is 0 Å². The molecule has 0 aromatic heterocycles. The maximum atomic E-state index is 11.9. The predicted octanol–water partition coefficient (Wildman–Crippen LogP) is 3.20. The quantitative estimate of drug-likeness (QED) is 0.849. The van der Waals surface area contributed by atoms with Gasteiger partial charge in [-0.1, -0.05) is 29.8 Å². The Labute approximate surface area is 158 Å². The smallest absolute Gasteiger partial charge is 0.221 e. The second-order valence-corrected chi connectivity index (χ2v) is 8.80. The van der Waals surface area contributed by atoms with Crippen molar-refractivity contribution in [3.05, 3.63) is 35.4 Å². The van der Waals surface area contributed by atoms with Crippen molar-refractivity contribution in [1.82, 2.24) is 15.1 Å². The van der Waals surface area contributed by atoms with E-state index in [2.05, 4.69) is 46.3 Å². The summed E-state index contributed by atoms with van der Waals surface area (Å²) in [7, 11) is 0. The Balaban J connectivity index is 1.50. The van der Waals surface area contributed by atoms with Crippen molar-refractivity contribution in [2.75, 3.05) is 32.7 Å². The Kier molecular flexibility index (Phi) is 6.36. The topological polar surface area (TPSA) is 35.6 Å². The van der Waals surface area contributed by atoms with Crippen LogP contribution in [0.1, 0.15) is 50.7 Å². The third-order valence-electron chi connectivity index (χ3n) is 5.85. The van der Waals surface area contributed by atoms with Crippen molar-refractivity contribution in [2.45, 2.75) is 59.0 Å². The first-order chi connectivity index (χ1) is 12.4. The lowest BCUT2D eigenvalue weighted by Gasteiger charge is -2.40. The van der Waals surface area contributed by atoms with Gasteiger partial charge in [-0.25, -0.2) is 0 Å². The predicted molar refractivity (Wildman–Crippen MR) is 107 cm³/mol. The standard InChI is InChI=1S/C22H35N3O/c1-18(2)23-21(26)8-12-24-13-10-22(16-24)9-5-11-25(17-22)15-20-7-4-6-19(3)14-20/h4,6-7,14,18H,5,8-13,15-17H2,1-3H3,(H,23,26). The van der Waals surface area contributed by atoms with Crippen LogP contribution in [-0.2, 0) is 11.3 Å². The summed E-state index contributed by atoms with van der Waals surface area (Å²) in [5, 5.41) is 3.00. The fraction of sp³-hybridized carbons (Fsp3) is 0.682. The molecule has 2 aliphatic rings. The van der Waals surface area contributed by atoms with Crippen molar-refractivity contribution in [1.29, 1.82) is 0 Å². The van der Waals surface area contributed by atoms with Gasteiger partial charge < -0.3 is 10.2 Å². The minimum atomic E-state index is 0.186. The van der Waals surface area contributed by atoms with Crippen LogP contribution in [0.25, 0.3) is 0 Å². The molecule has 0 aliphatic carbocycles. The number of nitrogens with zero attached hydrogens (tertiary/aromatic N) is 2. The van der Waals surface area contributed by atoms with Crippen molar-refractivity contribution in [3.8, 4) is 0 Å². The van der Waals surface area contributed by atoms with Gasteiger partial charge in [0.1, 0.15) is 0 Å². The maximum absolute atomic E-state index is 11.9. The molecule has 1 N–H and O–H groups in total. The van der Waals surface area contributed by atoms with Crippen LogP contribution < -0.4 is 5.32 Å². The third kappa shape index (κ3) is 5.31. The first-order valence-corrected chi connectivity index (χ1v) is 10.2. The number of hydrogen-bond acceptors (Lipinski definition) is 3. The van der Waals surface area contributed by atoms with Gasteiger partial charge in [0, 0.05) is 38.6 Å². The number of hydrogen-bond donors (Lipinski definition) is 1. The van der Waals surface area contributed by atoms with Crippen LogP contribution in [-0.4, -0.2) is 54.5 Å². The van der Waals surface area contributed by atoms with Gasteiger partial charge in [0.15, 0.2) is 0 Å². The van der Waals surface area contributed by atoms with E-state index in [1.54, 1.807) is 0 Å². The van der Waals surface area contributed by atoms with Gasteiger partial charge in [-0.2, -0.15) is 0 Å². The van der Waals surface area contributed by atoms with Crippen molar-refractivity contribution >= 4 is 5.91 Å². The first-order valence-electron chi connectivity index (χ1n) is 10.2. The van der Waals surface area contributed by atoms with Crippen molar-refractivity contribution < 1.29 is 4.79 Å². The molecule has 2 saturated heterocycles. The van der Waals surface area contributed by atoms with Crippen LogP contribution in [0.5, 0.6) is 0 Å². The van der Waals surface area contributed by atoms with E-state index in [1.165, 1.54) is 43.5 Å². The normalized spacial score (nSPS) is 24.5. The number of amides is 1. The minimum Gasteiger partial charge on any atom is -0.354 e. The van der Waals surface area contributed by atoms with Gasteiger partial charge in [-0.3, -0.25) is 9.69 Å². The van der Waals surface area contributed by atoms with Crippen LogP contribution in [0, 0.1) is 12.3 Å². The fourth-order valence-electron chi connectivity index (χ4n) is 4.72. The van der Waals surface area contributed by atoms with E-state index in [0.717, 1.165) is 26.2 Å². The van der Waals surface area contributed by atoms with Crippen LogP contribution in [0.4, 0.5) is 0 Å². The molecule has 1 amide bonds. The molecular formula is C22H35N3O. The molecule has 1 spiro atoms. The summed E-state index contributed by atoms with van der Waals surface area (Å²) in [4.78, 5) is 17.1. The molecule has 1 aromatic rings.